The molecule has 0 saturated carbocycles. The Morgan fingerprint density at radius 1 is 0.897 bits per heavy atom. The fourth-order valence-electron chi connectivity index (χ4n) is 2.74. The van der Waals surface area contributed by atoms with E-state index in [-0.39, 0.29) is 0 Å². The van der Waals surface area contributed by atoms with Crippen LogP contribution in [0.25, 0.3) is 0 Å². The number of likely N-dealkylation sites (N-methyl/N-ethyl adjacent to an activating group) is 1. The Hall–Kier alpha value is -2.73. The summed E-state index contributed by atoms with van der Waals surface area (Å²) in [6.45, 7) is 8.21. The molecule has 0 aliphatic carbocycles. The minimum absolute atomic E-state index is 0.542. The van der Waals surface area contributed by atoms with Crippen LogP contribution >= 0.6 is 0 Å². The van der Waals surface area contributed by atoms with E-state index in [1.54, 1.807) is 0 Å². The number of ether oxygens (including phenoxy) is 2. The molecular weight excluding hydrogens is 364 g/mol. The molecule has 158 valence electrons. The van der Waals surface area contributed by atoms with E-state index < -0.39 is 0 Å². The molecular formula is C23H34N4O2. The lowest BCUT2D eigenvalue weighted by molar-refractivity contribution is 0.259. The Morgan fingerprint density at radius 2 is 1.55 bits per heavy atom. The van der Waals surface area contributed by atoms with Crippen LogP contribution in [-0.2, 0) is 13.1 Å². The maximum absolute atomic E-state index is 5.94. The van der Waals surface area contributed by atoms with Gasteiger partial charge in [-0.05, 0) is 40.1 Å². The van der Waals surface area contributed by atoms with Crippen LogP contribution in [-0.4, -0.2) is 51.3 Å². The van der Waals surface area contributed by atoms with Crippen LogP contribution in [0.1, 0.15) is 25.0 Å². The van der Waals surface area contributed by atoms with Gasteiger partial charge in [0.1, 0.15) is 18.1 Å². The molecule has 0 atom stereocenters. The molecule has 6 nitrogen and oxygen atoms in total. The van der Waals surface area contributed by atoms with Crippen LogP contribution in [0, 0.1) is 0 Å². The molecule has 0 radical (unpaired) electrons. The van der Waals surface area contributed by atoms with Crippen LogP contribution in [0.3, 0.4) is 0 Å². The van der Waals surface area contributed by atoms with Crippen LogP contribution in [0.15, 0.2) is 53.5 Å². The zero-order valence-electron chi connectivity index (χ0n) is 18.1. The number of hydrogen-bond acceptors (Lipinski definition) is 4. The minimum Gasteiger partial charge on any atom is -0.494 e. The largest absolute Gasteiger partial charge is 0.494 e. The van der Waals surface area contributed by atoms with Gasteiger partial charge >= 0.3 is 0 Å². The third-order valence-corrected chi connectivity index (χ3v) is 4.24. The molecule has 2 rings (SSSR count). The van der Waals surface area contributed by atoms with Crippen molar-refractivity contribution in [2.75, 3.05) is 40.4 Å². The van der Waals surface area contributed by atoms with Crippen molar-refractivity contribution in [3.63, 3.8) is 0 Å². The summed E-state index contributed by atoms with van der Waals surface area (Å²) in [5.41, 5.74) is 2.17. The highest BCUT2D eigenvalue weighted by atomic mass is 16.5. The fourth-order valence-corrected chi connectivity index (χ4v) is 2.74. The van der Waals surface area contributed by atoms with E-state index >= 15 is 0 Å². The maximum Gasteiger partial charge on any atom is 0.191 e. The molecule has 0 aliphatic heterocycles. The van der Waals surface area contributed by atoms with Gasteiger partial charge in [0.25, 0.3) is 0 Å². The van der Waals surface area contributed by atoms with Crippen LogP contribution in [0.5, 0.6) is 11.5 Å². The average Bonchev–Trinajstić information content (AvgIpc) is 2.72. The molecule has 0 spiro atoms. The predicted molar refractivity (Wildman–Crippen MR) is 120 cm³/mol. The molecule has 0 amide bonds. The summed E-state index contributed by atoms with van der Waals surface area (Å²) in [7, 11) is 4.08. The molecule has 0 fully saturated rings. The third-order valence-electron chi connectivity index (χ3n) is 4.24. The highest BCUT2D eigenvalue weighted by molar-refractivity contribution is 5.79. The van der Waals surface area contributed by atoms with E-state index in [2.05, 4.69) is 34.6 Å². The molecule has 2 aromatic rings. The molecule has 0 saturated heterocycles. The molecule has 2 aromatic carbocycles. The number of benzene rings is 2. The summed E-state index contributed by atoms with van der Waals surface area (Å²) in [6, 6.07) is 16.1. The second kappa shape index (κ2) is 12.7. The topological polar surface area (TPSA) is 58.1 Å². The lowest BCUT2D eigenvalue weighted by Gasteiger charge is -2.15. The first-order valence-corrected chi connectivity index (χ1v) is 10.2. The summed E-state index contributed by atoms with van der Waals surface area (Å²) in [5, 5.41) is 6.70. The molecule has 0 aromatic heterocycles. The van der Waals surface area contributed by atoms with Gasteiger partial charge in [-0.25, -0.2) is 4.99 Å². The van der Waals surface area contributed by atoms with Gasteiger partial charge in [0.05, 0.1) is 13.2 Å². The van der Waals surface area contributed by atoms with E-state index in [0.29, 0.717) is 26.3 Å². The Bertz CT molecular complexity index is 762. The first-order valence-electron chi connectivity index (χ1n) is 10.2. The summed E-state index contributed by atoms with van der Waals surface area (Å²) in [4.78, 5) is 6.85. The lowest BCUT2D eigenvalue weighted by Crippen LogP contribution is -2.36. The SMILES string of the molecule is CCNC(=NCc1ccccc1OCCN(C)C)NCc1ccccc1OCC. The smallest absolute Gasteiger partial charge is 0.191 e. The second-order valence-corrected chi connectivity index (χ2v) is 6.85. The van der Waals surface area contributed by atoms with Crippen molar-refractivity contribution in [3.05, 3.63) is 59.7 Å². The number of guanidine groups is 1. The van der Waals surface area contributed by atoms with E-state index in [1.807, 2.05) is 57.4 Å². The maximum atomic E-state index is 5.94. The molecule has 6 heteroatoms. The van der Waals surface area contributed by atoms with Crippen LogP contribution in [0.4, 0.5) is 0 Å². The Morgan fingerprint density at radius 3 is 2.21 bits per heavy atom. The van der Waals surface area contributed by atoms with Crippen molar-refractivity contribution in [2.45, 2.75) is 26.9 Å². The van der Waals surface area contributed by atoms with Crippen molar-refractivity contribution in [1.29, 1.82) is 0 Å². The number of rotatable bonds is 11. The average molecular weight is 399 g/mol. The van der Waals surface area contributed by atoms with Crippen molar-refractivity contribution >= 4 is 5.96 Å². The first kappa shape index (κ1) is 22.6. The van der Waals surface area contributed by atoms with Gasteiger partial charge < -0.3 is 25.0 Å². The number of hydrogen-bond donors (Lipinski definition) is 2. The predicted octanol–water partition coefficient (Wildman–Crippen LogP) is 3.28. The van der Waals surface area contributed by atoms with E-state index in [4.69, 9.17) is 14.5 Å². The van der Waals surface area contributed by atoms with E-state index in [9.17, 15) is 0 Å². The van der Waals surface area contributed by atoms with Gasteiger partial charge in [0.15, 0.2) is 5.96 Å². The molecule has 0 bridgehead atoms. The van der Waals surface area contributed by atoms with Crippen molar-refractivity contribution in [2.24, 2.45) is 4.99 Å². The highest BCUT2D eigenvalue weighted by Crippen LogP contribution is 2.19. The van der Waals surface area contributed by atoms with Crippen LogP contribution in [0.2, 0.25) is 0 Å². The normalized spacial score (nSPS) is 11.4. The Labute approximate surface area is 174 Å². The summed E-state index contributed by atoms with van der Waals surface area (Å²) in [5.74, 6) is 2.55. The van der Waals surface area contributed by atoms with Crippen molar-refractivity contribution in [3.8, 4) is 11.5 Å². The summed E-state index contributed by atoms with van der Waals surface area (Å²) >= 11 is 0. The zero-order valence-corrected chi connectivity index (χ0v) is 18.1. The Kier molecular flexibility index (Phi) is 9.86. The molecule has 29 heavy (non-hydrogen) atoms. The second-order valence-electron chi connectivity index (χ2n) is 6.85. The standard InChI is InChI=1S/C23H34N4O2/c1-5-24-23(25-17-19-11-7-9-13-21(19)28-6-2)26-18-20-12-8-10-14-22(20)29-16-15-27(3)4/h7-14H,5-6,15-18H2,1-4H3,(H2,24,25,26). The van der Waals surface area contributed by atoms with Crippen molar-refractivity contribution in [1.82, 2.24) is 15.5 Å². The van der Waals surface area contributed by atoms with Gasteiger partial charge in [-0.15, -0.1) is 0 Å². The monoisotopic (exact) mass is 398 g/mol. The zero-order chi connectivity index (χ0) is 20.9. The van der Waals surface area contributed by atoms with Gasteiger partial charge in [0.2, 0.25) is 0 Å². The quantitative estimate of drug-likeness (QED) is 0.449. The van der Waals surface area contributed by atoms with Crippen molar-refractivity contribution < 1.29 is 9.47 Å². The molecule has 0 aliphatic rings. The molecule has 0 unspecified atom stereocenters. The Balaban J connectivity index is 2.02. The fraction of sp³-hybridized carbons (Fsp3) is 0.435. The van der Waals surface area contributed by atoms with Gasteiger partial charge in [-0.1, -0.05) is 36.4 Å². The van der Waals surface area contributed by atoms with Gasteiger partial charge in [0, 0.05) is 30.8 Å². The number of aliphatic imine (C=N–C) groups is 1. The van der Waals surface area contributed by atoms with Gasteiger partial charge in [-0.3, -0.25) is 0 Å². The third kappa shape index (κ3) is 8.03. The van der Waals surface area contributed by atoms with Gasteiger partial charge in [-0.2, -0.15) is 0 Å². The number of nitrogens with zero attached hydrogens (tertiary/aromatic N) is 2. The molecule has 0 heterocycles. The molecule has 2 N–H and O–H groups in total. The van der Waals surface area contributed by atoms with Crippen LogP contribution < -0.4 is 20.1 Å². The van der Waals surface area contributed by atoms with E-state index in [0.717, 1.165) is 41.7 Å². The summed E-state index contributed by atoms with van der Waals surface area (Å²) < 4.78 is 11.7. The van der Waals surface area contributed by atoms with E-state index in [1.165, 1.54) is 0 Å². The lowest BCUT2D eigenvalue weighted by atomic mass is 10.2. The summed E-state index contributed by atoms with van der Waals surface area (Å²) in [6.07, 6.45) is 0. The highest BCUT2D eigenvalue weighted by Gasteiger charge is 2.06. The number of para-hydroxylation sites is 2. The minimum atomic E-state index is 0.542. The first-order chi connectivity index (χ1) is 14.1. The number of nitrogens with one attached hydrogen (secondary N) is 2.